The average molecular weight is 449 g/mol. The van der Waals surface area contributed by atoms with Crippen LogP contribution in [0.5, 0.6) is 5.75 Å². The summed E-state index contributed by atoms with van der Waals surface area (Å²) in [5.41, 5.74) is 3.48. The van der Waals surface area contributed by atoms with Crippen molar-refractivity contribution in [3.63, 3.8) is 0 Å². The van der Waals surface area contributed by atoms with Gasteiger partial charge in [0.2, 0.25) is 0 Å². The van der Waals surface area contributed by atoms with Crippen molar-refractivity contribution in [1.29, 1.82) is 0 Å². The van der Waals surface area contributed by atoms with Gasteiger partial charge in [-0.05, 0) is 47.4 Å². The molecule has 4 aromatic rings. The van der Waals surface area contributed by atoms with Gasteiger partial charge in [-0.15, -0.1) is 0 Å². The van der Waals surface area contributed by atoms with E-state index in [-0.39, 0.29) is 11.8 Å². The Morgan fingerprint density at radius 2 is 1.56 bits per heavy atom. The maximum atomic E-state index is 10.6. The zero-order chi connectivity index (χ0) is 23.2. The molecular weight excluding hydrogens is 416 g/mol. The van der Waals surface area contributed by atoms with Gasteiger partial charge >= 0.3 is 0 Å². The van der Waals surface area contributed by atoms with E-state index in [4.69, 9.17) is 4.99 Å². The number of nitrogens with zero attached hydrogens (tertiary/aromatic N) is 2. The third-order valence-corrected chi connectivity index (χ3v) is 7.01. The third kappa shape index (κ3) is 4.90. The first-order chi connectivity index (χ1) is 16.8. The Labute approximate surface area is 202 Å². The highest BCUT2D eigenvalue weighted by Gasteiger charge is 2.29. The molecule has 1 aliphatic rings. The van der Waals surface area contributed by atoms with Crippen LogP contribution in [0.1, 0.15) is 54.5 Å². The molecule has 4 aromatic carbocycles. The summed E-state index contributed by atoms with van der Waals surface area (Å²) in [4.78, 5) is 7.60. The lowest BCUT2D eigenvalue weighted by Crippen LogP contribution is -2.34. The quantitative estimate of drug-likeness (QED) is 0.314. The number of aromatic hydroxyl groups is 1. The molecule has 0 aromatic heterocycles. The van der Waals surface area contributed by atoms with Crippen molar-refractivity contribution in [2.75, 3.05) is 13.1 Å². The number of likely N-dealkylation sites (tertiary alicyclic amines) is 1. The number of phenols is 1. The normalized spacial score (nSPS) is 18.2. The lowest BCUT2D eigenvalue weighted by molar-refractivity contribution is 0.140. The molecule has 1 saturated heterocycles. The number of fused-ring (bicyclic) bond motifs is 1. The molecule has 0 unspecified atom stereocenters. The SMILES string of the molecule is Oc1ccc2ccccc2c1/C=N/C[C@@H](c1ccccc1)N1CCCCC[C@H]1c1ccccc1. The third-order valence-electron chi connectivity index (χ3n) is 7.01. The number of hydrogen-bond donors (Lipinski definition) is 1. The molecule has 1 N–H and O–H groups in total. The Kier molecular flexibility index (Phi) is 7.02. The van der Waals surface area contributed by atoms with Gasteiger partial charge in [0.15, 0.2) is 0 Å². The molecule has 0 spiro atoms. The van der Waals surface area contributed by atoms with Crippen molar-refractivity contribution in [2.24, 2.45) is 4.99 Å². The number of benzene rings is 4. The van der Waals surface area contributed by atoms with E-state index in [9.17, 15) is 5.11 Å². The Morgan fingerprint density at radius 1 is 0.824 bits per heavy atom. The highest BCUT2D eigenvalue weighted by Crippen LogP contribution is 2.37. The molecule has 0 aliphatic carbocycles. The number of aliphatic imine (C=N–C) groups is 1. The Bertz CT molecular complexity index is 1240. The Morgan fingerprint density at radius 3 is 2.38 bits per heavy atom. The maximum Gasteiger partial charge on any atom is 0.124 e. The maximum absolute atomic E-state index is 10.6. The Hall–Kier alpha value is -3.43. The molecule has 0 amide bonds. The lowest BCUT2D eigenvalue weighted by atomic mass is 9.97. The topological polar surface area (TPSA) is 35.8 Å². The highest BCUT2D eigenvalue weighted by atomic mass is 16.3. The molecule has 1 aliphatic heterocycles. The van der Waals surface area contributed by atoms with Crippen molar-refractivity contribution in [2.45, 2.75) is 37.8 Å². The van der Waals surface area contributed by atoms with Crippen LogP contribution in [0.3, 0.4) is 0 Å². The summed E-state index contributed by atoms with van der Waals surface area (Å²) in [6.45, 7) is 1.71. The molecule has 0 bridgehead atoms. The molecule has 5 rings (SSSR count). The lowest BCUT2D eigenvalue weighted by Gasteiger charge is -2.37. The van der Waals surface area contributed by atoms with Gasteiger partial charge in [0, 0.05) is 17.8 Å². The Balaban J connectivity index is 1.49. The minimum atomic E-state index is 0.179. The molecule has 3 nitrogen and oxygen atoms in total. The van der Waals surface area contributed by atoms with Gasteiger partial charge in [0.05, 0.1) is 12.6 Å². The molecule has 0 radical (unpaired) electrons. The van der Waals surface area contributed by atoms with Crippen LogP contribution < -0.4 is 0 Å². The zero-order valence-corrected chi connectivity index (χ0v) is 19.6. The molecule has 3 heteroatoms. The van der Waals surface area contributed by atoms with E-state index in [1.54, 1.807) is 6.07 Å². The van der Waals surface area contributed by atoms with Crippen molar-refractivity contribution >= 4 is 17.0 Å². The first-order valence-electron chi connectivity index (χ1n) is 12.4. The monoisotopic (exact) mass is 448 g/mol. The summed E-state index contributed by atoms with van der Waals surface area (Å²) < 4.78 is 0. The fourth-order valence-corrected chi connectivity index (χ4v) is 5.28. The van der Waals surface area contributed by atoms with Gasteiger partial charge in [-0.2, -0.15) is 0 Å². The first-order valence-corrected chi connectivity index (χ1v) is 12.4. The van der Waals surface area contributed by atoms with Crippen LogP contribution in [0.15, 0.2) is 102 Å². The van der Waals surface area contributed by atoms with Crippen LogP contribution in [0.2, 0.25) is 0 Å². The number of hydrogen-bond acceptors (Lipinski definition) is 3. The summed E-state index contributed by atoms with van der Waals surface area (Å²) in [6, 6.07) is 34.1. The largest absolute Gasteiger partial charge is 0.507 e. The van der Waals surface area contributed by atoms with Crippen molar-refractivity contribution in [3.05, 3.63) is 114 Å². The van der Waals surface area contributed by atoms with Crippen LogP contribution in [-0.2, 0) is 0 Å². The molecule has 172 valence electrons. The molecule has 1 heterocycles. The molecule has 34 heavy (non-hydrogen) atoms. The second kappa shape index (κ2) is 10.7. The number of phenolic OH excluding ortho intramolecular Hbond substituents is 1. The van der Waals surface area contributed by atoms with E-state index in [2.05, 4.69) is 71.6 Å². The predicted molar refractivity (Wildman–Crippen MR) is 142 cm³/mol. The average Bonchev–Trinajstić information content (AvgIpc) is 3.15. The van der Waals surface area contributed by atoms with E-state index < -0.39 is 0 Å². The molecular formula is C31H32N2O. The van der Waals surface area contributed by atoms with Gasteiger partial charge in [-0.25, -0.2) is 0 Å². The van der Waals surface area contributed by atoms with E-state index in [1.807, 2.05) is 30.5 Å². The zero-order valence-electron chi connectivity index (χ0n) is 19.6. The van der Waals surface area contributed by atoms with Crippen LogP contribution in [0, 0.1) is 0 Å². The van der Waals surface area contributed by atoms with Crippen LogP contribution in [0.25, 0.3) is 10.8 Å². The summed E-state index contributed by atoms with van der Waals surface area (Å²) in [7, 11) is 0. The van der Waals surface area contributed by atoms with Gasteiger partial charge in [0.25, 0.3) is 0 Å². The van der Waals surface area contributed by atoms with Gasteiger partial charge in [-0.3, -0.25) is 9.89 Å². The molecule has 0 saturated carbocycles. The van der Waals surface area contributed by atoms with Crippen molar-refractivity contribution in [3.8, 4) is 5.75 Å². The molecule has 2 atom stereocenters. The van der Waals surface area contributed by atoms with Crippen LogP contribution in [0.4, 0.5) is 0 Å². The predicted octanol–water partition coefficient (Wildman–Crippen LogP) is 7.32. The molecule has 1 fully saturated rings. The smallest absolute Gasteiger partial charge is 0.124 e. The standard InChI is InChI=1S/C31H32N2O/c34-31-20-19-24-12-9-10-17-27(24)28(31)22-32-23-30(26-15-6-2-7-16-26)33-21-11-3-8-18-29(33)25-13-4-1-5-14-25/h1-2,4-7,9-10,12-17,19-20,22,29-30,34H,3,8,11,18,21,23H2/b32-22+/t29-,30-/m0/s1. The highest BCUT2D eigenvalue weighted by molar-refractivity contribution is 6.02. The van der Waals surface area contributed by atoms with E-state index >= 15 is 0 Å². The van der Waals surface area contributed by atoms with Crippen molar-refractivity contribution < 1.29 is 5.11 Å². The fraction of sp³-hybridized carbons (Fsp3) is 0.258. The van der Waals surface area contributed by atoms with E-state index in [0.29, 0.717) is 12.6 Å². The summed E-state index contributed by atoms with van der Waals surface area (Å²) in [5, 5.41) is 12.7. The summed E-state index contributed by atoms with van der Waals surface area (Å²) in [6.07, 6.45) is 6.77. The van der Waals surface area contributed by atoms with Crippen molar-refractivity contribution in [1.82, 2.24) is 4.90 Å². The van der Waals surface area contributed by atoms with Gasteiger partial charge in [-0.1, -0.05) is 104 Å². The summed E-state index contributed by atoms with van der Waals surface area (Å²) in [5.74, 6) is 0.274. The second-order valence-corrected chi connectivity index (χ2v) is 9.15. The fourth-order valence-electron chi connectivity index (χ4n) is 5.28. The van der Waals surface area contributed by atoms with Gasteiger partial charge in [0.1, 0.15) is 5.75 Å². The second-order valence-electron chi connectivity index (χ2n) is 9.15. The first kappa shape index (κ1) is 22.4. The van der Waals surface area contributed by atoms with E-state index in [1.165, 1.54) is 36.8 Å². The number of rotatable bonds is 6. The van der Waals surface area contributed by atoms with Gasteiger partial charge < -0.3 is 5.11 Å². The van der Waals surface area contributed by atoms with Crippen LogP contribution >= 0.6 is 0 Å². The minimum Gasteiger partial charge on any atom is -0.507 e. The summed E-state index contributed by atoms with van der Waals surface area (Å²) >= 11 is 0. The minimum absolute atomic E-state index is 0.179. The van der Waals surface area contributed by atoms with Crippen LogP contribution in [-0.4, -0.2) is 29.3 Å². The van der Waals surface area contributed by atoms with E-state index in [0.717, 1.165) is 22.9 Å².